The minimum Gasteiger partial charge on any atom is -0.458 e. The lowest BCUT2D eigenvalue weighted by Gasteiger charge is -2.57. The highest BCUT2D eigenvalue weighted by Gasteiger charge is 2.63. The number of esters is 1. The molecular weight excluding hydrogens is 244 g/mol. The standard InChI is InChI=1S/C15H20O4/c1-8-4-5-12(16)14(3)7-11-10(6-15(8,14)18)9(2)13(17)19-11/h10-12,16,18H,1-2,4-7H2,3H3. The van der Waals surface area contributed by atoms with E-state index in [4.69, 9.17) is 4.74 Å². The van der Waals surface area contributed by atoms with Gasteiger partial charge in [0.15, 0.2) is 0 Å². The van der Waals surface area contributed by atoms with Crippen LogP contribution in [-0.2, 0) is 9.53 Å². The lowest BCUT2D eigenvalue weighted by Crippen LogP contribution is -2.62. The Balaban J connectivity index is 2.03. The lowest BCUT2D eigenvalue weighted by molar-refractivity contribution is -0.186. The van der Waals surface area contributed by atoms with Crippen molar-refractivity contribution in [2.24, 2.45) is 11.3 Å². The van der Waals surface area contributed by atoms with Crippen molar-refractivity contribution in [3.05, 3.63) is 24.3 Å². The zero-order valence-electron chi connectivity index (χ0n) is 11.2. The highest BCUT2D eigenvalue weighted by Crippen LogP contribution is 2.58. The fourth-order valence-electron chi connectivity index (χ4n) is 4.04. The van der Waals surface area contributed by atoms with Crippen LogP contribution < -0.4 is 0 Å². The van der Waals surface area contributed by atoms with Crippen LogP contribution in [-0.4, -0.2) is 34.0 Å². The number of aliphatic hydroxyl groups is 2. The van der Waals surface area contributed by atoms with Crippen LogP contribution in [0.5, 0.6) is 0 Å². The molecule has 3 aliphatic rings. The Morgan fingerprint density at radius 1 is 1.37 bits per heavy atom. The van der Waals surface area contributed by atoms with Crippen molar-refractivity contribution in [1.29, 1.82) is 0 Å². The predicted molar refractivity (Wildman–Crippen MR) is 69.2 cm³/mol. The average Bonchev–Trinajstić information content (AvgIpc) is 2.61. The SMILES string of the molecule is C=C1C(=O)OC2CC3(C)C(O)CCC(=C)C3(O)CC12. The summed E-state index contributed by atoms with van der Waals surface area (Å²) in [5.74, 6) is -0.534. The average molecular weight is 264 g/mol. The maximum absolute atomic E-state index is 11.6. The second-order valence-corrected chi connectivity index (χ2v) is 6.42. The summed E-state index contributed by atoms with van der Waals surface area (Å²) < 4.78 is 5.33. The van der Waals surface area contributed by atoms with Crippen LogP contribution >= 0.6 is 0 Å². The van der Waals surface area contributed by atoms with Gasteiger partial charge in [0.25, 0.3) is 0 Å². The fraction of sp³-hybridized carbons (Fsp3) is 0.667. The number of carbonyl (C=O) groups excluding carboxylic acids is 1. The van der Waals surface area contributed by atoms with Crippen molar-refractivity contribution in [1.82, 2.24) is 0 Å². The Labute approximate surface area is 112 Å². The van der Waals surface area contributed by atoms with Gasteiger partial charge in [0, 0.05) is 16.9 Å². The topological polar surface area (TPSA) is 66.8 Å². The maximum atomic E-state index is 11.6. The molecule has 0 spiro atoms. The first-order valence-electron chi connectivity index (χ1n) is 6.78. The van der Waals surface area contributed by atoms with Gasteiger partial charge in [-0.1, -0.05) is 20.1 Å². The van der Waals surface area contributed by atoms with Crippen molar-refractivity contribution >= 4 is 5.97 Å². The van der Waals surface area contributed by atoms with Crippen LogP contribution in [0.2, 0.25) is 0 Å². The third kappa shape index (κ3) is 1.44. The molecule has 2 aliphatic carbocycles. The molecule has 104 valence electrons. The summed E-state index contributed by atoms with van der Waals surface area (Å²) in [6, 6.07) is 0. The maximum Gasteiger partial charge on any atom is 0.334 e. The van der Waals surface area contributed by atoms with E-state index in [-0.39, 0.29) is 18.0 Å². The van der Waals surface area contributed by atoms with E-state index in [1.165, 1.54) is 0 Å². The largest absolute Gasteiger partial charge is 0.458 e. The Hall–Kier alpha value is -1.13. The fourth-order valence-corrected chi connectivity index (χ4v) is 4.04. The summed E-state index contributed by atoms with van der Waals surface area (Å²) in [6.07, 6.45) is 1.17. The molecule has 0 aromatic heterocycles. The summed E-state index contributed by atoms with van der Waals surface area (Å²) in [5.41, 5.74) is -0.642. The summed E-state index contributed by atoms with van der Waals surface area (Å²) in [4.78, 5) is 11.6. The van der Waals surface area contributed by atoms with Crippen LogP contribution in [0.25, 0.3) is 0 Å². The van der Waals surface area contributed by atoms with Crippen molar-refractivity contribution < 1.29 is 19.7 Å². The number of aliphatic hydroxyl groups excluding tert-OH is 1. The first-order valence-corrected chi connectivity index (χ1v) is 6.78. The molecule has 5 atom stereocenters. The molecule has 5 unspecified atom stereocenters. The normalized spacial score (nSPS) is 49.6. The Morgan fingerprint density at radius 3 is 2.74 bits per heavy atom. The zero-order chi connectivity index (χ0) is 14.0. The second-order valence-electron chi connectivity index (χ2n) is 6.42. The van der Waals surface area contributed by atoms with E-state index in [0.717, 1.165) is 5.57 Å². The van der Waals surface area contributed by atoms with E-state index in [1.54, 1.807) is 0 Å². The molecule has 4 nitrogen and oxygen atoms in total. The number of hydrogen-bond acceptors (Lipinski definition) is 4. The van der Waals surface area contributed by atoms with Gasteiger partial charge in [-0.05, 0) is 31.3 Å². The van der Waals surface area contributed by atoms with Gasteiger partial charge in [-0.3, -0.25) is 0 Å². The van der Waals surface area contributed by atoms with Gasteiger partial charge in [-0.2, -0.15) is 0 Å². The molecule has 0 radical (unpaired) electrons. The zero-order valence-corrected chi connectivity index (χ0v) is 11.2. The van der Waals surface area contributed by atoms with E-state index >= 15 is 0 Å². The van der Waals surface area contributed by atoms with E-state index in [1.807, 2.05) is 6.92 Å². The quantitative estimate of drug-likeness (QED) is 0.393. The monoisotopic (exact) mass is 264 g/mol. The van der Waals surface area contributed by atoms with Crippen LogP contribution in [0.4, 0.5) is 0 Å². The minimum absolute atomic E-state index is 0.160. The minimum atomic E-state index is -1.14. The molecule has 3 fully saturated rings. The van der Waals surface area contributed by atoms with Crippen LogP contribution in [0, 0.1) is 11.3 Å². The van der Waals surface area contributed by atoms with Gasteiger partial charge in [0.2, 0.25) is 0 Å². The van der Waals surface area contributed by atoms with Gasteiger partial charge in [-0.15, -0.1) is 0 Å². The first kappa shape index (κ1) is 12.9. The predicted octanol–water partition coefficient (Wildman–Crippen LogP) is 1.33. The summed E-state index contributed by atoms with van der Waals surface area (Å²) in [5, 5.41) is 21.4. The highest BCUT2D eigenvalue weighted by atomic mass is 16.6. The number of carbonyl (C=O) groups is 1. The molecule has 19 heavy (non-hydrogen) atoms. The van der Waals surface area contributed by atoms with Gasteiger partial charge in [-0.25, -0.2) is 4.79 Å². The molecular formula is C15H20O4. The van der Waals surface area contributed by atoms with Crippen molar-refractivity contribution in [3.8, 4) is 0 Å². The molecule has 0 bridgehead atoms. The molecule has 0 aromatic rings. The molecule has 2 N–H and O–H groups in total. The van der Waals surface area contributed by atoms with Crippen molar-refractivity contribution in [2.45, 2.75) is 50.4 Å². The van der Waals surface area contributed by atoms with Gasteiger partial charge in [0.1, 0.15) is 6.10 Å². The molecule has 1 heterocycles. The number of fused-ring (bicyclic) bond motifs is 2. The molecule has 1 saturated heterocycles. The van der Waals surface area contributed by atoms with E-state index < -0.39 is 17.1 Å². The molecule has 0 aromatic carbocycles. The van der Waals surface area contributed by atoms with Crippen LogP contribution in [0.1, 0.15) is 32.6 Å². The van der Waals surface area contributed by atoms with Gasteiger partial charge in [0.05, 0.1) is 11.7 Å². The van der Waals surface area contributed by atoms with Crippen molar-refractivity contribution in [2.75, 3.05) is 0 Å². The van der Waals surface area contributed by atoms with Crippen LogP contribution in [0.15, 0.2) is 24.3 Å². The smallest absolute Gasteiger partial charge is 0.334 e. The van der Waals surface area contributed by atoms with Crippen LogP contribution in [0.3, 0.4) is 0 Å². The lowest BCUT2D eigenvalue weighted by atomic mass is 9.52. The van der Waals surface area contributed by atoms with Crippen molar-refractivity contribution in [3.63, 3.8) is 0 Å². The van der Waals surface area contributed by atoms with Gasteiger partial charge < -0.3 is 14.9 Å². The highest BCUT2D eigenvalue weighted by molar-refractivity contribution is 5.91. The molecule has 2 saturated carbocycles. The van der Waals surface area contributed by atoms with E-state index in [2.05, 4.69) is 13.2 Å². The molecule has 3 rings (SSSR count). The number of hydrogen-bond donors (Lipinski definition) is 2. The number of rotatable bonds is 0. The van der Waals surface area contributed by atoms with E-state index in [0.29, 0.717) is 31.3 Å². The summed E-state index contributed by atoms with van der Waals surface area (Å²) >= 11 is 0. The Kier molecular flexibility index (Phi) is 2.51. The third-order valence-electron chi connectivity index (χ3n) is 5.54. The Bertz CT molecular complexity index is 483. The molecule has 0 amide bonds. The summed E-state index contributed by atoms with van der Waals surface area (Å²) in [7, 11) is 0. The summed E-state index contributed by atoms with van der Waals surface area (Å²) in [6.45, 7) is 9.64. The first-order chi connectivity index (χ1) is 8.79. The molecule has 4 heteroatoms. The number of ether oxygens (including phenoxy) is 1. The third-order valence-corrected chi connectivity index (χ3v) is 5.54. The van der Waals surface area contributed by atoms with Gasteiger partial charge >= 0.3 is 5.97 Å². The Morgan fingerprint density at radius 2 is 2.05 bits per heavy atom. The second kappa shape index (κ2) is 3.70. The molecule has 1 aliphatic heterocycles. The van der Waals surface area contributed by atoms with E-state index in [9.17, 15) is 15.0 Å².